The standard InChI is InChI=1S/C52H76FN3O9/c1-5-9-10-11-12-13-14-15-16-21-33-61-51(60)56(37-38-24-26-40(53)27-25-38)47-36-45(55-63-8-4)43-34-39(22-17-19-30-57)42(23-18-20-31-58)48-44-35-41(64-50(59)54-7-3)28-29-46(44)65-52(47,49(43)48)62-32-6-2/h6,24-29,34-35,39,42,47-49,57-58H,2,5,7-23,30-33,36-37H2,1,3-4H3,(H,54,59)/t39-,42+,47-,48+,49+,52+/m0/s1. The molecule has 2 aromatic rings. The Balaban J connectivity index is 1.62. The molecule has 0 saturated heterocycles. The van der Waals surface area contributed by atoms with Crippen molar-refractivity contribution in [2.24, 2.45) is 22.9 Å². The summed E-state index contributed by atoms with van der Waals surface area (Å²) in [6.07, 6.45) is 18.8. The highest BCUT2D eigenvalue weighted by Crippen LogP contribution is 2.62. The Morgan fingerprint density at radius 2 is 1.62 bits per heavy atom. The van der Waals surface area contributed by atoms with Gasteiger partial charge in [0.15, 0.2) is 0 Å². The van der Waals surface area contributed by atoms with E-state index in [1.807, 2.05) is 19.9 Å². The Kier molecular flexibility index (Phi) is 21.6. The Bertz CT molecular complexity index is 1840. The summed E-state index contributed by atoms with van der Waals surface area (Å²) in [6, 6.07) is 10.7. The third kappa shape index (κ3) is 14.0. The molecule has 12 nitrogen and oxygen atoms in total. The molecule has 1 aliphatic heterocycles. The van der Waals surface area contributed by atoms with Crippen LogP contribution in [-0.2, 0) is 20.9 Å². The van der Waals surface area contributed by atoms with Crippen LogP contribution >= 0.6 is 0 Å². The second-order valence-electron chi connectivity index (χ2n) is 17.7. The van der Waals surface area contributed by atoms with Crippen molar-refractivity contribution in [2.45, 2.75) is 154 Å². The lowest BCUT2D eigenvalue weighted by Gasteiger charge is -2.59. The number of hydrogen-bond donors (Lipinski definition) is 3. The summed E-state index contributed by atoms with van der Waals surface area (Å²) >= 11 is 0. The van der Waals surface area contributed by atoms with Crippen LogP contribution in [0.15, 0.2) is 71.9 Å². The second-order valence-corrected chi connectivity index (χ2v) is 17.7. The van der Waals surface area contributed by atoms with Crippen molar-refractivity contribution in [3.63, 3.8) is 0 Å². The summed E-state index contributed by atoms with van der Waals surface area (Å²) < 4.78 is 40.7. The Morgan fingerprint density at radius 1 is 0.923 bits per heavy atom. The van der Waals surface area contributed by atoms with Gasteiger partial charge in [0.05, 0.1) is 24.8 Å². The highest BCUT2D eigenvalue weighted by Gasteiger charge is 2.65. The molecule has 360 valence electrons. The van der Waals surface area contributed by atoms with Crippen LogP contribution in [0.3, 0.4) is 0 Å². The maximum atomic E-state index is 14.8. The average molecular weight is 906 g/mol. The number of rotatable bonds is 29. The van der Waals surface area contributed by atoms with Crippen LogP contribution in [0.25, 0.3) is 0 Å². The van der Waals surface area contributed by atoms with Crippen LogP contribution in [0.5, 0.6) is 11.5 Å². The molecule has 1 fully saturated rings. The third-order valence-corrected chi connectivity index (χ3v) is 13.1. The van der Waals surface area contributed by atoms with Crippen molar-refractivity contribution < 1.29 is 48.0 Å². The van der Waals surface area contributed by atoms with Crippen LogP contribution < -0.4 is 14.8 Å². The molecule has 13 heteroatoms. The first kappa shape index (κ1) is 51.5. The molecule has 0 spiro atoms. The molecular formula is C52H76FN3O9. The molecule has 0 radical (unpaired) electrons. The molecule has 5 rings (SSSR count). The maximum absolute atomic E-state index is 14.8. The smallest absolute Gasteiger partial charge is 0.412 e. The van der Waals surface area contributed by atoms with E-state index in [2.05, 4.69) is 24.9 Å². The zero-order valence-corrected chi connectivity index (χ0v) is 39.3. The lowest BCUT2D eigenvalue weighted by atomic mass is 9.55. The van der Waals surface area contributed by atoms with Gasteiger partial charge in [0, 0.05) is 44.2 Å². The molecule has 1 heterocycles. The number of aliphatic hydroxyl groups excluding tert-OH is 2. The average Bonchev–Trinajstić information content (AvgIpc) is 3.30. The van der Waals surface area contributed by atoms with Gasteiger partial charge in [-0.2, -0.15) is 0 Å². The fourth-order valence-electron chi connectivity index (χ4n) is 10.1. The minimum Gasteiger partial charge on any atom is -0.459 e. The van der Waals surface area contributed by atoms with Gasteiger partial charge in [0.25, 0.3) is 0 Å². The number of nitrogens with one attached hydrogen (secondary N) is 1. The molecule has 1 saturated carbocycles. The van der Waals surface area contributed by atoms with Gasteiger partial charge in [-0.15, -0.1) is 6.58 Å². The number of allylic oxidation sites excluding steroid dienone is 1. The van der Waals surface area contributed by atoms with E-state index in [0.717, 1.165) is 62.5 Å². The lowest BCUT2D eigenvalue weighted by Crippen LogP contribution is -2.70. The molecule has 3 N–H and O–H groups in total. The minimum absolute atomic E-state index is 0.0241. The van der Waals surface area contributed by atoms with Crippen molar-refractivity contribution >= 4 is 17.9 Å². The first-order chi connectivity index (χ1) is 31.7. The number of amides is 2. The van der Waals surface area contributed by atoms with Gasteiger partial charge in [-0.05, 0) is 99.3 Å². The first-order valence-corrected chi connectivity index (χ1v) is 24.6. The van der Waals surface area contributed by atoms with Crippen molar-refractivity contribution in [3.8, 4) is 11.5 Å². The van der Waals surface area contributed by atoms with Gasteiger partial charge in [0.2, 0.25) is 5.79 Å². The van der Waals surface area contributed by atoms with Gasteiger partial charge in [-0.25, -0.2) is 14.0 Å². The normalized spacial score (nSPS) is 22.5. The van der Waals surface area contributed by atoms with Crippen molar-refractivity contribution in [2.75, 3.05) is 39.6 Å². The lowest BCUT2D eigenvalue weighted by molar-refractivity contribution is -0.256. The number of halogens is 1. The van der Waals surface area contributed by atoms with E-state index in [1.54, 1.807) is 35.2 Å². The van der Waals surface area contributed by atoms with E-state index < -0.39 is 29.9 Å². The predicted octanol–water partition coefficient (Wildman–Crippen LogP) is 11.1. The minimum atomic E-state index is -1.52. The van der Waals surface area contributed by atoms with Crippen LogP contribution in [0.1, 0.15) is 147 Å². The van der Waals surface area contributed by atoms with Crippen LogP contribution in [-0.4, -0.2) is 84.4 Å². The fraction of sp³-hybridized carbons (Fsp3) is 0.635. The molecule has 0 bridgehead atoms. The largest absolute Gasteiger partial charge is 0.459 e. The number of oxime groups is 1. The zero-order chi connectivity index (χ0) is 46.4. The third-order valence-electron chi connectivity index (χ3n) is 13.1. The van der Waals surface area contributed by atoms with E-state index in [4.69, 9.17) is 28.9 Å². The monoisotopic (exact) mass is 906 g/mol. The van der Waals surface area contributed by atoms with Crippen LogP contribution in [0.4, 0.5) is 14.0 Å². The number of unbranched alkanes of at least 4 members (excludes halogenated alkanes) is 11. The molecule has 3 aliphatic rings. The number of carbonyl (C=O) groups is 2. The topological polar surface area (TPSA) is 148 Å². The quantitative estimate of drug-likeness (QED) is 0.0412. The van der Waals surface area contributed by atoms with E-state index in [9.17, 15) is 24.2 Å². The summed E-state index contributed by atoms with van der Waals surface area (Å²) in [7, 11) is 0. The van der Waals surface area contributed by atoms with E-state index >= 15 is 0 Å². The maximum Gasteiger partial charge on any atom is 0.412 e. The predicted molar refractivity (Wildman–Crippen MR) is 251 cm³/mol. The Hall–Kier alpha value is -4.46. The van der Waals surface area contributed by atoms with Gasteiger partial charge < -0.3 is 39.3 Å². The number of carbonyl (C=O) groups excluding carboxylic acids is 2. The summed E-state index contributed by atoms with van der Waals surface area (Å²) in [6.45, 7) is 11.2. The van der Waals surface area contributed by atoms with Gasteiger partial charge >= 0.3 is 12.2 Å². The number of benzene rings is 2. The molecule has 0 unspecified atom stereocenters. The van der Waals surface area contributed by atoms with Gasteiger partial charge in [-0.1, -0.05) is 107 Å². The molecular weight excluding hydrogens is 830 g/mol. The molecule has 2 aromatic carbocycles. The number of hydrogen-bond acceptors (Lipinski definition) is 10. The van der Waals surface area contributed by atoms with E-state index in [0.29, 0.717) is 48.8 Å². The number of aliphatic hydroxyl groups is 2. The molecule has 65 heavy (non-hydrogen) atoms. The van der Waals surface area contributed by atoms with Crippen molar-refractivity contribution in [1.29, 1.82) is 0 Å². The highest BCUT2D eigenvalue weighted by molar-refractivity contribution is 6.03. The van der Waals surface area contributed by atoms with Gasteiger partial charge in [0.1, 0.15) is 30.0 Å². The summed E-state index contributed by atoms with van der Waals surface area (Å²) in [5.74, 6) is -1.91. The van der Waals surface area contributed by atoms with E-state index in [-0.39, 0.29) is 63.0 Å². The summed E-state index contributed by atoms with van der Waals surface area (Å²) in [4.78, 5) is 35.1. The van der Waals surface area contributed by atoms with Gasteiger partial charge in [-0.3, -0.25) is 4.90 Å². The molecule has 0 aromatic heterocycles. The SMILES string of the molecule is C=CCO[C@@]12Oc3ccc(OC(=O)NCC)cc3[C@H]3[C@H](CCCCO)[C@@H](CCCCO)C=C(C(=NOCC)C[C@@H]1N(Cc1ccc(F)cc1)C(=O)OCCCCCCCCCCCC)[C@H]32. The highest BCUT2D eigenvalue weighted by atomic mass is 19.1. The molecule has 6 atom stereocenters. The second kappa shape index (κ2) is 27.2. The first-order valence-electron chi connectivity index (χ1n) is 24.6. The molecule has 2 aliphatic carbocycles. The van der Waals surface area contributed by atoms with Crippen molar-refractivity contribution in [1.82, 2.24) is 10.2 Å². The summed E-state index contributed by atoms with van der Waals surface area (Å²) in [5, 5.41) is 27.3. The van der Waals surface area contributed by atoms with Crippen LogP contribution in [0, 0.1) is 23.6 Å². The molecule has 2 amide bonds. The zero-order valence-electron chi connectivity index (χ0n) is 39.3. The van der Waals surface area contributed by atoms with E-state index in [1.165, 1.54) is 50.7 Å². The van der Waals surface area contributed by atoms with Crippen molar-refractivity contribution in [3.05, 3.63) is 83.7 Å². The number of nitrogens with zero attached hydrogens (tertiary/aromatic N) is 2. The summed E-state index contributed by atoms with van der Waals surface area (Å²) in [5.41, 5.74) is 3.06. The van der Waals surface area contributed by atoms with Crippen LogP contribution in [0.2, 0.25) is 0 Å². The fourth-order valence-corrected chi connectivity index (χ4v) is 10.1. The number of fused-ring (bicyclic) bond motifs is 2. The Labute approximate surface area is 386 Å². The number of ether oxygens (including phenoxy) is 4. The Morgan fingerprint density at radius 3 is 2.28 bits per heavy atom.